The Kier molecular flexibility index (Phi) is 6.68. The van der Waals surface area contributed by atoms with Gasteiger partial charge in [-0.25, -0.2) is 4.79 Å². The number of benzene rings is 1. The molecule has 0 aromatic heterocycles. The highest BCUT2D eigenvalue weighted by atomic mass is 16.5. The molecule has 8 nitrogen and oxygen atoms in total. The van der Waals surface area contributed by atoms with Gasteiger partial charge in [0.25, 0.3) is 5.91 Å². The molecule has 1 aromatic rings. The van der Waals surface area contributed by atoms with E-state index >= 15 is 0 Å². The van der Waals surface area contributed by atoms with Crippen LogP contribution in [0, 0.1) is 0 Å². The number of methoxy groups -OCH3 is 3. The molecule has 2 atom stereocenters. The summed E-state index contributed by atoms with van der Waals surface area (Å²) in [6, 6.07) is 2.48. The number of aliphatic hydroxyl groups excluding tert-OH is 1. The standard InChI is InChI=1S/C18H25NO7/c1-5-26-18(22)15(20)12-7-6-8-19(12)17(21)11-9-13(23-2)16(25-4)14(10-11)24-3/h9-10,12,15,20H,5-8H2,1-4H3/t12-,15+/m0/s1. The van der Waals surface area contributed by atoms with Gasteiger partial charge >= 0.3 is 5.97 Å². The van der Waals surface area contributed by atoms with Crippen molar-refractivity contribution in [2.45, 2.75) is 31.9 Å². The van der Waals surface area contributed by atoms with Crippen molar-refractivity contribution in [3.63, 3.8) is 0 Å². The molecule has 0 saturated carbocycles. The molecule has 0 radical (unpaired) electrons. The lowest BCUT2D eigenvalue weighted by molar-refractivity contribution is -0.155. The zero-order valence-corrected chi connectivity index (χ0v) is 15.5. The topological polar surface area (TPSA) is 94.5 Å². The van der Waals surface area contributed by atoms with Gasteiger partial charge in [-0.3, -0.25) is 4.79 Å². The molecule has 0 bridgehead atoms. The van der Waals surface area contributed by atoms with E-state index in [2.05, 4.69) is 0 Å². The van der Waals surface area contributed by atoms with Crippen LogP contribution in [-0.2, 0) is 9.53 Å². The first kappa shape index (κ1) is 19.8. The SMILES string of the molecule is CCOC(=O)[C@H](O)[C@@H]1CCCN1C(=O)c1cc(OC)c(OC)c(OC)c1. The molecule has 0 spiro atoms. The van der Waals surface area contributed by atoms with Crippen LogP contribution in [0.15, 0.2) is 12.1 Å². The van der Waals surface area contributed by atoms with Gasteiger partial charge in [0, 0.05) is 12.1 Å². The second kappa shape index (κ2) is 8.75. The average Bonchev–Trinajstić information content (AvgIpc) is 3.15. The number of carbonyl (C=O) groups is 2. The number of esters is 1. The van der Waals surface area contributed by atoms with E-state index in [0.29, 0.717) is 42.2 Å². The number of hydrogen-bond acceptors (Lipinski definition) is 7. The summed E-state index contributed by atoms with van der Waals surface area (Å²) in [7, 11) is 4.41. The van der Waals surface area contributed by atoms with E-state index in [9.17, 15) is 14.7 Å². The summed E-state index contributed by atoms with van der Waals surface area (Å²) in [5, 5.41) is 10.3. The van der Waals surface area contributed by atoms with Gasteiger partial charge in [-0.15, -0.1) is 0 Å². The molecule has 1 aromatic carbocycles. The molecule has 1 fully saturated rings. The summed E-state index contributed by atoms with van der Waals surface area (Å²) in [6.07, 6.45) is -0.156. The summed E-state index contributed by atoms with van der Waals surface area (Å²) in [5.74, 6) is 0.0575. The summed E-state index contributed by atoms with van der Waals surface area (Å²) in [5.41, 5.74) is 0.322. The normalized spacial score (nSPS) is 17.6. The van der Waals surface area contributed by atoms with E-state index in [4.69, 9.17) is 18.9 Å². The van der Waals surface area contributed by atoms with Gasteiger partial charge in [0.1, 0.15) is 0 Å². The molecule has 1 heterocycles. The Bertz CT molecular complexity index is 636. The predicted molar refractivity (Wildman–Crippen MR) is 92.8 cm³/mol. The number of rotatable bonds is 7. The zero-order valence-electron chi connectivity index (χ0n) is 15.5. The van der Waals surface area contributed by atoms with Crippen molar-refractivity contribution in [2.75, 3.05) is 34.5 Å². The van der Waals surface area contributed by atoms with Gasteiger partial charge in [0.05, 0.1) is 34.0 Å². The maximum Gasteiger partial charge on any atom is 0.337 e. The number of likely N-dealkylation sites (tertiary alicyclic amines) is 1. The van der Waals surface area contributed by atoms with Crippen LogP contribution in [0.1, 0.15) is 30.1 Å². The number of hydrogen-bond donors (Lipinski definition) is 1. The van der Waals surface area contributed by atoms with Crippen LogP contribution < -0.4 is 14.2 Å². The van der Waals surface area contributed by atoms with Crippen molar-refractivity contribution in [3.05, 3.63) is 17.7 Å². The van der Waals surface area contributed by atoms with Crippen LogP contribution in [0.5, 0.6) is 17.2 Å². The highest BCUT2D eigenvalue weighted by Gasteiger charge is 2.38. The van der Waals surface area contributed by atoms with Gasteiger partial charge in [-0.2, -0.15) is 0 Å². The van der Waals surface area contributed by atoms with Crippen molar-refractivity contribution in [1.82, 2.24) is 4.90 Å². The molecule has 1 aliphatic heterocycles. The van der Waals surface area contributed by atoms with E-state index < -0.39 is 18.1 Å². The quantitative estimate of drug-likeness (QED) is 0.725. The van der Waals surface area contributed by atoms with E-state index in [-0.39, 0.29) is 12.5 Å². The fourth-order valence-electron chi connectivity index (χ4n) is 3.13. The molecule has 144 valence electrons. The summed E-state index contributed by atoms with van der Waals surface area (Å²) in [6.45, 7) is 2.28. The number of nitrogens with zero attached hydrogens (tertiary/aromatic N) is 1. The predicted octanol–water partition coefficient (Wildman–Crippen LogP) is 1.24. The Morgan fingerprint density at radius 1 is 1.19 bits per heavy atom. The van der Waals surface area contributed by atoms with Crippen molar-refractivity contribution >= 4 is 11.9 Å². The number of carbonyl (C=O) groups excluding carboxylic acids is 2. The lowest BCUT2D eigenvalue weighted by Gasteiger charge is -2.28. The van der Waals surface area contributed by atoms with E-state index in [0.717, 1.165) is 0 Å². The monoisotopic (exact) mass is 367 g/mol. The molecule has 8 heteroatoms. The molecular formula is C18H25NO7. The zero-order chi connectivity index (χ0) is 19.3. The minimum atomic E-state index is -1.37. The van der Waals surface area contributed by atoms with Crippen LogP contribution in [0.2, 0.25) is 0 Å². The molecule has 1 amide bonds. The van der Waals surface area contributed by atoms with Gasteiger partial charge in [-0.1, -0.05) is 0 Å². The van der Waals surface area contributed by atoms with Crippen LogP contribution in [-0.4, -0.2) is 68.5 Å². The highest BCUT2D eigenvalue weighted by Crippen LogP contribution is 2.39. The number of ether oxygens (including phenoxy) is 4. The first-order valence-electron chi connectivity index (χ1n) is 8.44. The highest BCUT2D eigenvalue weighted by molar-refractivity contribution is 5.96. The van der Waals surface area contributed by atoms with Crippen molar-refractivity contribution in [2.24, 2.45) is 0 Å². The first-order valence-corrected chi connectivity index (χ1v) is 8.44. The Morgan fingerprint density at radius 3 is 2.31 bits per heavy atom. The third-order valence-electron chi connectivity index (χ3n) is 4.36. The molecule has 1 aliphatic rings. The molecule has 1 saturated heterocycles. The van der Waals surface area contributed by atoms with E-state index in [1.54, 1.807) is 19.1 Å². The Balaban J connectivity index is 2.31. The molecule has 0 unspecified atom stereocenters. The fourth-order valence-corrected chi connectivity index (χ4v) is 3.13. The van der Waals surface area contributed by atoms with Crippen LogP contribution in [0.25, 0.3) is 0 Å². The lowest BCUT2D eigenvalue weighted by atomic mass is 10.1. The second-order valence-electron chi connectivity index (χ2n) is 5.82. The van der Waals surface area contributed by atoms with Crippen molar-refractivity contribution in [1.29, 1.82) is 0 Å². The Morgan fingerprint density at radius 2 is 1.81 bits per heavy atom. The molecule has 2 rings (SSSR count). The summed E-state index contributed by atoms with van der Waals surface area (Å²) < 4.78 is 20.7. The fraction of sp³-hybridized carbons (Fsp3) is 0.556. The summed E-state index contributed by atoms with van der Waals surface area (Å²) >= 11 is 0. The summed E-state index contributed by atoms with van der Waals surface area (Å²) in [4.78, 5) is 26.3. The largest absolute Gasteiger partial charge is 0.493 e. The van der Waals surface area contributed by atoms with Gasteiger partial charge < -0.3 is 29.0 Å². The molecule has 26 heavy (non-hydrogen) atoms. The first-order chi connectivity index (χ1) is 12.5. The van der Waals surface area contributed by atoms with E-state index in [1.165, 1.54) is 26.2 Å². The maximum absolute atomic E-state index is 13.0. The minimum Gasteiger partial charge on any atom is -0.493 e. The van der Waals surface area contributed by atoms with Gasteiger partial charge in [0.15, 0.2) is 17.6 Å². The van der Waals surface area contributed by atoms with Gasteiger partial charge in [0.2, 0.25) is 5.75 Å². The molecule has 1 N–H and O–H groups in total. The average molecular weight is 367 g/mol. The maximum atomic E-state index is 13.0. The minimum absolute atomic E-state index is 0.170. The van der Waals surface area contributed by atoms with Crippen molar-refractivity contribution < 1.29 is 33.6 Å². The third-order valence-corrected chi connectivity index (χ3v) is 4.36. The second-order valence-corrected chi connectivity index (χ2v) is 5.82. The van der Waals surface area contributed by atoms with Gasteiger partial charge in [-0.05, 0) is 31.9 Å². The van der Waals surface area contributed by atoms with Crippen molar-refractivity contribution in [3.8, 4) is 17.2 Å². The number of aliphatic hydroxyl groups is 1. The Labute approximate surface area is 152 Å². The number of amides is 1. The molecular weight excluding hydrogens is 342 g/mol. The Hall–Kier alpha value is -2.48. The third kappa shape index (κ3) is 3.85. The lowest BCUT2D eigenvalue weighted by Crippen LogP contribution is -2.46. The smallest absolute Gasteiger partial charge is 0.337 e. The van der Waals surface area contributed by atoms with E-state index in [1.807, 2.05) is 0 Å². The molecule has 0 aliphatic carbocycles. The van der Waals surface area contributed by atoms with Crippen LogP contribution in [0.3, 0.4) is 0 Å². The van der Waals surface area contributed by atoms with Crippen LogP contribution >= 0.6 is 0 Å². The van der Waals surface area contributed by atoms with Crippen LogP contribution in [0.4, 0.5) is 0 Å².